The van der Waals surface area contributed by atoms with E-state index in [9.17, 15) is 18.6 Å². The predicted molar refractivity (Wildman–Crippen MR) is 69.9 cm³/mol. The van der Waals surface area contributed by atoms with Crippen molar-refractivity contribution in [1.29, 1.82) is 0 Å². The van der Waals surface area contributed by atoms with Gasteiger partial charge in [0.15, 0.2) is 0 Å². The van der Waals surface area contributed by atoms with Gasteiger partial charge < -0.3 is 21.5 Å². The number of primary amides is 1. The molecule has 0 heterocycles. The molecule has 0 fully saturated rings. The zero-order chi connectivity index (χ0) is 15.0. The first-order chi connectivity index (χ1) is 8.72. The minimum atomic E-state index is -1.25. The Morgan fingerprint density at radius 3 is 2.32 bits per heavy atom. The molecule has 0 aromatic heterocycles. The minimum Gasteiger partial charge on any atom is -0.480 e. The van der Waals surface area contributed by atoms with Crippen LogP contribution in [0, 0.1) is 0 Å². The Morgan fingerprint density at radius 1 is 1.32 bits per heavy atom. The van der Waals surface area contributed by atoms with Gasteiger partial charge in [0.1, 0.15) is 6.04 Å². The summed E-state index contributed by atoms with van der Waals surface area (Å²) in [5.41, 5.74) is 4.91. The number of carboxylic acids is 1. The number of amides is 3. The normalized spacial score (nSPS) is 15.1. The number of carboxylic acid groups (broad SMARTS) is 1. The van der Waals surface area contributed by atoms with Crippen molar-refractivity contribution in [1.82, 2.24) is 10.6 Å². The first-order valence-electron chi connectivity index (χ1n) is 5.60. The lowest BCUT2D eigenvalue weighted by atomic mass is 10.1. The molecule has 9 heteroatoms. The Bertz CT molecular complexity index is 374. The van der Waals surface area contributed by atoms with Crippen LogP contribution < -0.4 is 16.4 Å². The average Bonchev–Trinajstić information content (AvgIpc) is 2.21. The van der Waals surface area contributed by atoms with E-state index in [1.165, 1.54) is 6.26 Å². The van der Waals surface area contributed by atoms with Crippen molar-refractivity contribution in [3.63, 3.8) is 0 Å². The van der Waals surface area contributed by atoms with Gasteiger partial charge in [0.2, 0.25) is 5.91 Å². The Kier molecular flexibility index (Phi) is 7.73. The van der Waals surface area contributed by atoms with Crippen LogP contribution in [0.15, 0.2) is 0 Å². The molecule has 5 N–H and O–H groups in total. The van der Waals surface area contributed by atoms with E-state index in [1.807, 2.05) is 0 Å². The molecule has 0 aromatic rings. The van der Waals surface area contributed by atoms with Crippen LogP contribution in [0.1, 0.15) is 19.8 Å². The summed E-state index contributed by atoms with van der Waals surface area (Å²) >= 11 is 0. The van der Waals surface area contributed by atoms with Gasteiger partial charge in [-0.15, -0.1) is 0 Å². The summed E-state index contributed by atoms with van der Waals surface area (Å²) in [4.78, 5) is 32.9. The van der Waals surface area contributed by atoms with Gasteiger partial charge in [-0.2, -0.15) is 0 Å². The highest BCUT2D eigenvalue weighted by Gasteiger charge is 2.21. The standard InChI is InChI=1S/C10H19N3O5S/c1-6(5-19(2)18)12-10(17)13-7(9(15)16)3-4-8(11)14/h6-7H,3-5H2,1-2H3,(H2,11,14)(H,15,16)(H2,12,13,17). The van der Waals surface area contributed by atoms with Crippen LogP contribution in [0.25, 0.3) is 0 Å². The summed E-state index contributed by atoms with van der Waals surface area (Å²) in [5, 5.41) is 13.6. The molecule has 0 bridgehead atoms. The van der Waals surface area contributed by atoms with Crippen molar-refractivity contribution >= 4 is 28.7 Å². The summed E-state index contributed by atoms with van der Waals surface area (Å²) in [7, 11) is -1.06. The number of hydrogen-bond acceptors (Lipinski definition) is 4. The monoisotopic (exact) mass is 293 g/mol. The molecule has 0 saturated carbocycles. The van der Waals surface area contributed by atoms with E-state index >= 15 is 0 Å². The van der Waals surface area contributed by atoms with Gasteiger partial charge in [0.25, 0.3) is 0 Å². The molecule has 0 saturated heterocycles. The Hall–Kier alpha value is -1.64. The van der Waals surface area contributed by atoms with Crippen LogP contribution in [0.5, 0.6) is 0 Å². The van der Waals surface area contributed by atoms with Crippen molar-refractivity contribution in [2.75, 3.05) is 12.0 Å². The second-order valence-corrected chi connectivity index (χ2v) is 5.63. The van der Waals surface area contributed by atoms with Gasteiger partial charge in [-0.1, -0.05) is 0 Å². The zero-order valence-electron chi connectivity index (χ0n) is 10.8. The van der Waals surface area contributed by atoms with Gasteiger partial charge >= 0.3 is 12.0 Å². The Balaban J connectivity index is 4.27. The third-order valence-electron chi connectivity index (χ3n) is 2.15. The van der Waals surface area contributed by atoms with E-state index < -0.39 is 34.7 Å². The lowest BCUT2D eigenvalue weighted by Gasteiger charge is -2.17. The van der Waals surface area contributed by atoms with Gasteiger partial charge in [-0.25, -0.2) is 9.59 Å². The van der Waals surface area contributed by atoms with E-state index in [-0.39, 0.29) is 24.6 Å². The van der Waals surface area contributed by atoms with Crippen LogP contribution in [-0.4, -0.2) is 51.3 Å². The molecular weight excluding hydrogens is 274 g/mol. The highest BCUT2D eigenvalue weighted by atomic mass is 32.2. The topological polar surface area (TPSA) is 139 Å². The quantitative estimate of drug-likeness (QED) is 0.444. The van der Waals surface area contributed by atoms with E-state index in [2.05, 4.69) is 10.6 Å². The van der Waals surface area contributed by atoms with Crippen LogP contribution in [0.3, 0.4) is 0 Å². The number of urea groups is 1. The molecule has 0 spiro atoms. The smallest absolute Gasteiger partial charge is 0.326 e. The lowest BCUT2D eigenvalue weighted by Crippen LogP contribution is -2.49. The maximum absolute atomic E-state index is 11.5. The van der Waals surface area contributed by atoms with Crippen LogP contribution in [0.4, 0.5) is 4.79 Å². The third-order valence-corrected chi connectivity index (χ3v) is 3.11. The van der Waals surface area contributed by atoms with Crippen molar-refractivity contribution < 1.29 is 23.7 Å². The molecule has 19 heavy (non-hydrogen) atoms. The number of aliphatic carboxylic acids is 1. The van der Waals surface area contributed by atoms with Gasteiger partial charge in [-0.05, 0) is 13.3 Å². The minimum absolute atomic E-state index is 0.0772. The molecule has 8 nitrogen and oxygen atoms in total. The van der Waals surface area contributed by atoms with Gasteiger partial charge in [-0.3, -0.25) is 9.00 Å². The number of carbonyl (C=O) groups excluding carboxylic acids is 2. The molecule has 3 unspecified atom stereocenters. The number of nitrogens with one attached hydrogen (secondary N) is 2. The van der Waals surface area contributed by atoms with Crippen LogP contribution in [0.2, 0.25) is 0 Å². The maximum Gasteiger partial charge on any atom is 0.326 e. The van der Waals surface area contributed by atoms with Crippen molar-refractivity contribution in [3.8, 4) is 0 Å². The Morgan fingerprint density at radius 2 is 1.89 bits per heavy atom. The Labute approximate surface area is 113 Å². The number of rotatable bonds is 8. The fourth-order valence-electron chi connectivity index (χ4n) is 1.36. The van der Waals surface area contributed by atoms with E-state index in [4.69, 9.17) is 10.8 Å². The summed E-state index contributed by atoms with van der Waals surface area (Å²) in [5.74, 6) is -1.61. The first kappa shape index (κ1) is 17.4. The van der Waals surface area contributed by atoms with E-state index in [1.54, 1.807) is 6.92 Å². The number of nitrogens with two attached hydrogens (primary N) is 1. The van der Waals surface area contributed by atoms with E-state index in [0.29, 0.717) is 0 Å². The molecule has 0 aliphatic heterocycles. The molecule has 0 aliphatic rings. The van der Waals surface area contributed by atoms with Gasteiger partial charge in [0.05, 0.1) is 0 Å². The SMILES string of the molecule is CC(CS(C)=O)NC(=O)NC(CCC(N)=O)C(=O)O. The van der Waals surface area contributed by atoms with Crippen molar-refractivity contribution in [3.05, 3.63) is 0 Å². The van der Waals surface area contributed by atoms with Gasteiger partial charge in [0, 0.05) is 35.3 Å². The maximum atomic E-state index is 11.5. The predicted octanol–water partition coefficient (Wildman–Crippen LogP) is -1.23. The molecule has 0 radical (unpaired) electrons. The fourth-order valence-corrected chi connectivity index (χ4v) is 2.15. The average molecular weight is 293 g/mol. The summed E-state index contributed by atoms with van der Waals surface area (Å²) < 4.78 is 10.9. The molecule has 0 aliphatic carbocycles. The zero-order valence-corrected chi connectivity index (χ0v) is 11.7. The summed E-state index contributed by atoms with van der Waals surface area (Å²) in [6.07, 6.45) is 1.29. The highest BCUT2D eigenvalue weighted by molar-refractivity contribution is 7.84. The summed E-state index contributed by atoms with van der Waals surface area (Å²) in [6, 6.07) is -2.22. The number of hydrogen-bond donors (Lipinski definition) is 4. The lowest BCUT2D eigenvalue weighted by molar-refractivity contribution is -0.139. The molecule has 110 valence electrons. The fraction of sp³-hybridized carbons (Fsp3) is 0.700. The van der Waals surface area contributed by atoms with E-state index in [0.717, 1.165) is 0 Å². The molecule has 0 rings (SSSR count). The van der Waals surface area contributed by atoms with Crippen molar-refractivity contribution in [2.45, 2.75) is 31.8 Å². The summed E-state index contributed by atoms with van der Waals surface area (Å²) in [6.45, 7) is 1.65. The van der Waals surface area contributed by atoms with Crippen LogP contribution in [-0.2, 0) is 20.4 Å². The highest BCUT2D eigenvalue weighted by Crippen LogP contribution is 1.97. The molecule has 0 aromatic carbocycles. The number of carbonyl (C=O) groups is 3. The second-order valence-electron chi connectivity index (χ2n) is 4.15. The second kappa shape index (κ2) is 8.46. The first-order valence-corrected chi connectivity index (χ1v) is 7.33. The van der Waals surface area contributed by atoms with Crippen LogP contribution >= 0.6 is 0 Å². The molecule has 3 amide bonds. The molecule has 3 atom stereocenters. The third kappa shape index (κ3) is 9.00. The molecular formula is C10H19N3O5S. The van der Waals surface area contributed by atoms with Crippen molar-refractivity contribution in [2.24, 2.45) is 5.73 Å². The largest absolute Gasteiger partial charge is 0.480 e.